The Morgan fingerprint density at radius 3 is 2.26 bits per heavy atom. The van der Waals surface area contributed by atoms with Crippen molar-refractivity contribution in [3.63, 3.8) is 0 Å². The molecule has 6 heteroatoms. The number of aliphatic imine (C=N–C) groups is 1. The van der Waals surface area contributed by atoms with Gasteiger partial charge in [0.15, 0.2) is 5.17 Å². The van der Waals surface area contributed by atoms with Gasteiger partial charge >= 0.3 is 0 Å². The third-order valence-corrected chi connectivity index (χ3v) is 5.74. The van der Waals surface area contributed by atoms with Crippen LogP contribution in [0.4, 0.5) is 0 Å². The second-order valence-electron chi connectivity index (χ2n) is 6.49. The smallest absolute Gasteiger partial charge is 0.256 e. The number of rotatable bonds is 3. The summed E-state index contributed by atoms with van der Waals surface area (Å²) in [7, 11) is 1.85. The van der Waals surface area contributed by atoms with Crippen LogP contribution in [0.2, 0.25) is 0 Å². The molecule has 0 aliphatic carbocycles. The van der Waals surface area contributed by atoms with E-state index in [-0.39, 0.29) is 18.1 Å². The highest BCUT2D eigenvalue weighted by Crippen LogP contribution is 2.40. The van der Waals surface area contributed by atoms with E-state index in [1.165, 1.54) is 11.8 Å². The summed E-state index contributed by atoms with van der Waals surface area (Å²) in [6.07, 6.45) is -0.192. The van der Waals surface area contributed by atoms with Gasteiger partial charge in [0.2, 0.25) is 0 Å². The number of nitrogens with zero attached hydrogens (tertiary/aromatic N) is 2. The summed E-state index contributed by atoms with van der Waals surface area (Å²) in [6.45, 7) is 2.70. The van der Waals surface area contributed by atoms with E-state index in [9.17, 15) is 4.79 Å². The van der Waals surface area contributed by atoms with Gasteiger partial charge in [0.05, 0.1) is 16.6 Å². The number of carbonyl (C=O) groups is 1. The van der Waals surface area contributed by atoms with Crippen molar-refractivity contribution in [1.29, 1.82) is 0 Å². The second kappa shape index (κ2) is 7.48. The standard InChI is InChI=1S/C21H22N4OS/c1-3-22-21-23-17(14-10-6-4-7-11-14)16-19(27-21)24-18(25(2)20(16)26)15-12-8-5-9-13-15/h4-13,17-18,24H,3H2,1-2H3,(H,22,23)/t17-,18+/m1/s1. The summed E-state index contributed by atoms with van der Waals surface area (Å²) in [6, 6.07) is 19.9. The molecule has 2 atom stereocenters. The Labute approximate surface area is 163 Å². The molecule has 0 aromatic heterocycles. The maximum absolute atomic E-state index is 13.3. The predicted molar refractivity (Wildman–Crippen MR) is 110 cm³/mol. The highest BCUT2D eigenvalue weighted by Gasteiger charge is 2.40. The first-order chi connectivity index (χ1) is 13.2. The highest BCUT2D eigenvalue weighted by molar-refractivity contribution is 8.17. The third kappa shape index (κ3) is 3.32. The van der Waals surface area contributed by atoms with Crippen LogP contribution in [0.3, 0.4) is 0 Å². The maximum atomic E-state index is 13.3. The number of nitrogens with one attached hydrogen (secondary N) is 2. The molecule has 1 amide bonds. The molecule has 2 aliphatic rings. The minimum atomic E-state index is -0.216. The molecule has 27 heavy (non-hydrogen) atoms. The lowest BCUT2D eigenvalue weighted by molar-refractivity contribution is -0.129. The summed E-state index contributed by atoms with van der Waals surface area (Å²) in [5, 5.41) is 8.73. The average molecular weight is 379 g/mol. The Balaban J connectivity index is 1.78. The summed E-state index contributed by atoms with van der Waals surface area (Å²) in [5.41, 5.74) is 2.86. The maximum Gasteiger partial charge on any atom is 0.256 e. The zero-order chi connectivity index (χ0) is 18.8. The van der Waals surface area contributed by atoms with Gasteiger partial charge in [-0.1, -0.05) is 60.7 Å². The quantitative estimate of drug-likeness (QED) is 0.859. The third-order valence-electron chi connectivity index (χ3n) is 4.76. The second-order valence-corrected chi connectivity index (χ2v) is 7.49. The summed E-state index contributed by atoms with van der Waals surface area (Å²) in [4.78, 5) is 19.7. The number of benzene rings is 2. The molecule has 0 spiro atoms. The lowest BCUT2D eigenvalue weighted by atomic mass is 9.96. The van der Waals surface area contributed by atoms with Crippen LogP contribution in [-0.2, 0) is 4.79 Å². The number of amidine groups is 1. The first kappa shape index (κ1) is 17.7. The van der Waals surface area contributed by atoms with Crippen molar-refractivity contribution in [2.75, 3.05) is 13.6 Å². The number of hydrogen-bond acceptors (Lipinski definition) is 4. The van der Waals surface area contributed by atoms with E-state index >= 15 is 0 Å². The number of carbonyl (C=O) groups excluding carboxylic acids is 1. The van der Waals surface area contributed by atoms with Crippen molar-refractivity contribution >= 4 is 22.8 Å². The van der Waals surface area contributed by atoms with Crippen molar-refractivity contribution in [1.82, 2.24) is 15.5 Å². The zero-order valence-electron chi connectivity index (χ0n) is 15.3. The highest BCUT2D eigenvalue weighted by atomic mass is 32.2. The van der Waals surface area contributed by atoms with E-state index in [0.29, 0.717) is 6.54 Å². The van der Waals surface area contributed by atoms with Gasteiger partial charge in [-0.05, 0) is 29.8 Å². The average Bonchev–Trinajstić information content (AvgIpc) is 2.71. The minimum absolute atomic E-state index is 0.0296. The van der Waals surface area contributed by atoms with Crippen LogP contribution in [-0.4, -0.2) is 29.6 Å². The van der Waals surface area contributed by atoms with Gasteiger partial charge in [0.25, 0.3) is 5.91 Å². The number of thioether (sulfide) groups is 1. The Bertz CT molecular complexity index is 895. The van der Waals surface area contributed by atoms with Gasteiger partial charge in [0.1, 0.15) is 6.17 Å². The van der Waals surface area contributed by atoms with E-state index in [1.54, 1.807) is 4.90 Å². The van der Waals surface area contributed by atoms with E-state index in [4.69, 9.17) is 0 Å². The minimum Gasteiger partial charge on any atom is -0.355 e. The topological polar surface area (TPSA) is 56.7 Å². The normalized spacial score (nSPS) is 23.7. The fraction of sp³-hybridized carbons (Fsp3) is 0.238. The molecule has 138 valence electrons. The Kier molecular flexibility index (Phi) is 4.90. The van der Waals surface area contributed by atoms with Crippen LogP contribution in [0.1, 0.15) is 30.3 Å². The Morgan fingerprint density at radius 2 is 1.63 bits per heavy atom. The summed E-state index contributed by atoms with van der Waals surface area (Å²) in [5.74, 6) is 0.0296. The molecule has 0 saturated carbocycles. The lowest BCUT2D eigenvalue weighted by Gasteiger charge is -2.41. The first-order valence-electron chi connectivity index (χ1n) is 9.05. The molecule has 2 aliphatic heterocycles. The van der Waals surface area contributed by atoms with E-state index in [0.717, 1.165) is 26.9 Å². The van der Waals surface area contributed by atoms with Crippen molar-refractivity contribution in [3.8, 4) is 0 Å². The largest absolute Gasteiger partial charge is 0.355 e. The van der Waals surface area contributed by atoms with Crippen LogP contribution in [0.5, 0.6) is 0 Å². The zero-order valence-corrected chi connectivity index (χ0v) is 16.2. The number of likely N-dealkylation sites (N-methyl/N-ethyl adjacent to an activating group) is 1. The van der Waals surface area contributed by atoms with Crippen molar-refractivity contribution in [2.45, 2.75) is 19.1 Å². The SMILES string of the molecule is CCN=C1N[C@H](c2ccccc2)C2=C(N[C@H](c3ccccc3)N(C)C2=O)S1. The monoisotopic (exact) mass is 378 g/mol. The molecular weight excluding hydrogens is 356 g/mol. The number of hydrogen-bond donors (Lipinski definition) is 2. The molecule has 2 aromatic rings. The van der Waals surface area contributed by atoms with Crippen molar-refractivity contribution < 1.29 is 4.79 Å². The molecule has 2 heterocycles. The summed E-state index contributed by atoms with van der Waals surface area (Å²) < 4.78 is 0. The lowest BCUT2D eigenvalue weighted by Crippen LogP contribution is -2.50. The van der Waals surface area contributed by atoms with Crippen molar-refractivity contribution in [3.05, 3.63) is 82.4 Å². The van der Waals surface area contributed by atoms with E-state index in [1.807, 2.05) is 74.6 Å². The van der Waals surface area contributed by atoms with Crippen LogP contribution in [0.25, 0.3) is 0 Å². The number of amides is 1. The Morgan fingerprint density at radius 1 is 1.00 bits per heavy atom. The Hall–Kier alpha value is -2.73. The van der Waals surface area contributed by atoms with Crippen molar-refractivity contribution in [2.24, 2.45) is 4.99 Å². The van der Waals surface area contributed by atoms with Gasteiger partial charge in [-0.25, -0.2) is 0 Å². The van der Waals surface area contributed by atoms with Gasteiger partial charge in [-0.3, -0.25) is 9.79 Å². The summed E-state index contributed by atoms with van der Waals surface area (Å²) >= 11 is 1.50. The molecule has 2 aromatic carbocycles. The van der Waals surface area contributed by atoms with Gasteiger partial charge in [-0.15, -0.1) is 0 Å². The van der Waals surface area contributed by atoms with Crippen LogP contribution in [0, 0.1) is 0 Å². The predicted octanol–water partition coefficient (Wildman–Crippen LogP) is 3.41. The van der Waals surface area contributed by atoms with Crippen LogP contribution < -0.4 is 10.6 Å². The molecular formula is C21H22N4OS. The molecule has 5 nitrogen and oxygen atoms in total. The van der Waals surface area contributed by atoms with Crippen LogP contribution >= 0.6 is 11.8 Å². The molecule has 4 rings (SSSR count). The van der Waals surface area contributed by atoms with Gasteiger partial charge < -0.3 is 15.5 Å². The van der Waals surface area contributed by atoms with Gasteiger partial charge in [-0.2, -0.15) is 0 Å². The molecule has 0 saturated heterocycles. The van der Waals surface area contributed by atoms with E-state index in [2.05, 4.69) is 15.6 Å². The molecule has 2 N–H and O–H groups in total. The first-order valence-corrected chi connectivity index (χ1v) is 9.87. The fourth-order valence-corrected chi connectivity index (χ4v) is 4.47. The fourth-order valence-electron chi connectivity index (χ4n) is 3.42. The molecule has 0 fully saturated rings. The van der Waals surface area contributed by atoms with E-state index < -0.39 is 0 Å². The molecule has 0 unspecified atom stereocenters. The molecule has 0 bridgehead atoms. The molecule has 0 radical (unpaired) electrons. The van der Waals surface area contributed by atoms with Crippen LogP contribution in [0.15, 0.2) is 76.3 Å². The van der Waals surface area contributed by atoms with Gasteiger partial charge in [0, 0.05) is 13.6 Å².